The summed E-state index contributed by atoms with van der Waals surface area (Å²) in [6.45, 7) is 1.10. The number of amides is 2. The molecule has 0 atom stereocenters. The molecule has 0 heterocycles. The normalized spacial score (nSPS) is 16.7. The molecule has 2 aliphatic rings. The van der Waals surface area contributed by atoms with Crippen molar-refractivity contribution in [2.75, 3.05) is 11.9 Å². The van der Waals surface area contributed by atoms with Crippen LogP contribution in [0.4, 0.5) is 5.69 Å². The molecule has 0 saturated heterocycles. The zero-order valence-corrected chi connectivity index (χ0v) is 16.8. The van der Waals surface area contributed by atoms with Gasteiger partial charge >= 0.3 is 0 Å². The molecule has 0 spiro atoms. The second kappa shape index (κ2) is 9.23. The number of benzene rings is 2. The van der Waals surface area contributed by atoms with Crippen LogP contribution in [0, 0.1) is 0 Å². The van der Waals surface area contributed by atoms with Crippen LogP contribution in [0.3, 0.4) is 0 Å². The summed E-state index contributed by atoms with van der Waals surface area (Å²) in [5.41, 5.74) is 2.33. The van der Waals surface area contributed by atoms with Gasteiger partial charge in [0.25, 0.3) is 5.91 Å². The Hall–Kier alpha value is -2.66. The summed E-state index contributed by atoms with van der Waals surface area (Å²) in [7, 11) is 0. The minimum atomic E-state index is -0.101. The molecule has 4 rings (SSSR count). The van der Waals surface area contributed by atoms with Crippen LogP contribution in [-0.4, -0.2) is 35.3 Å². The molecule has 2 fully saturated rings. The van der Waals surface area contributed by atoms with E-state index in [1.54, 1.807) is 12.1 Å². The highest BCUT2D eigenvalue weighted by Crippen LogP contribution is 2.28. The Kier molecular flexibility index (Phi) is 6.25. The third-order valence-corrected chi connectivity index (χ3v) is 5.77. The van der Waals surface area contributed by atoms with Gasteiger partial charge in [-0.2, -0.15) is 0 Å². The number of nitrogens with one attached hydrogen (secondary N) is 2. The summed E-state index contributed by atoms with van der Waals surface area (Å²) < 4.78 is 0. The second-order valence-electron chi connectivity index (χ2n) is 8.17. The maximum atomic E-state index is 12.8. The minimum absolute atomic E-state index is 0.0750. The number of anilines is 1. The number of rotatable bonds is 8. The third kappa shape index (κ3) is 5.45. The van der Waals surface area contributed by atoms with Crippen LogP contribution >= 0.6 is 0 Å². The van der Waals surface area contributed by atoms with E-state index in [1.807, 2.05) is 30.3 Å². The van der Waals surface area contributed by atoms with Crippen molar-refractivity contribution in [2.45, 2.75) is 57.2 Å². The van der Waals surface area contributed by atoms with Gasteiger partial charge in [-0.3, -0.25) is 14.5 Å². The molecular weight excluding hydrogens is 362 g/mol. The number of carbonyl (C=O) groups is 2. The molecule has 0 aliphatic heterocycles. The summed E-state index contributed by atoms with van der Waals surface area (Å²) in [4.78, 5) is 27.7. The van der Waals surface area contributed by atoms with E-state index in [1.165, 1.54) is 18.4 Å². The predicted molar refractivity (Wildman–Crippen MR) is 115 cm³/mol. The average molecular weight is 392 g/mol. The molecule has 5 nitrogen and oxygen atoms in total. The molecule has 0 radical (unpaired) electrons. The van der Waals surface area contributed by atoms with Crippen LogP contribution in [0.25, 0.3) is 0 Å². The van der Waals surface area contributed by atoms with E-state index in [0.29, 0.717) is 23.8 Å². The number of carbonyl (C=O) groups excluding carboxylic acids is 2. The Morgan fingerprint density at radius 3 is 2.31 bits per heavy atom. The fraction of sp³-hybridized carbons (Fsp3) is 0.417. The Bertz CT molecular complexity index is 842. The molecule has 5 heteroatoms. The Balaban J connectivity index is 1.39. The molecule has 0 unspecified atom stereocenters. The summed E-state index contributed by atoms with van der Waals surface area (Å²) >= 11 is 0. The van der Waals surface area contributed by atoms with E-state index in [0.717, 1.165) is 32.2 Å². The van der Waals surface area contributed by atoms with E-state index in [-0.39, 0.29) is 17.9 Å². The highest BCUT2D eigenvalue weighted by Gasteiger charge is 2.30. The van der Waals surface area contributed by atoms with Crippen LogP contribution < -0.4 is 10.6 Å². The number of para-hydroxylation sites is 1. The predicted octanol–water partition coefficient (Wildman–Crippen LogP) is 3.96. The van der Waals surface area contributed by atoms with Gasteiger partial charge in [-0.05, 0) is 43.4 Å². The van der Waals surface area contributed by atoms with Crippen LogP contribution in [0.2, 0.25) is 0 Å². The van der Waals surface area contributed by atoms with Crippen molar-refractivity contribution in [3.05, 3.63) is 65.7 Å². The maximum Gasteiger partial charge on any atom is 0.253 e. The SMILES string of the molecule is O=C(CN(Cc1ccccc1)C1CC1)Nc1ccccc1C(=O)NC1CCCC1. The highest BCUT2D eigenvalue weighted by molar-refractivity contribution is 6.04. The van der Waals surface area contributed by atoms with Crippen LogP contribution in [0.5, 0.6) is 0 Å². The largest absolute Gasteiger partial charge is 0.349 e. The summed E-state index contributed by atoms with van der Waals surface area (Å²) in [5.74, 6) is -0.176. The molecular formula is C24H29N3O2. The number of nitrogens with zero attached hydrogens (tertiary/aromatic N) is 1. The molecule has 2 saturated carbocycles. The van der Waals surface area contributed by atoms with Gasteiger partial charge in [-0.15, -0.1) is 0 Å². The van der Waals surface area contributed by atoms with Crippen LogP contribution in [0.1, 0.15) is 54.4 Å². The van der Waals surface area contributed by atoms with Crippen molar-refractivity contribution >= 4 is 17.5 Å². The Labute approximate surface area is 172 Å². The summed E-state index contributed by atoms with van der Waals surface area (Å²) in [6, 6.07) is 18.2. The zero-order valence-electron chi connectivity index (χ0n) is 16.8. The lowest BCUT2D eigenvalue weighted by molar-refractivity contribution is -0.117. The summed E-state index contributed by atoms with van der Waals surface area (Å²) in [5, 5.41) is 6.08. The quantitative estimate of drug-likeness (QED) is 0.716. The molecule has 29 heavy (non-hydrogen) atoms. The van der Waals surface area contributed by atoms with Gasteiger partial charge in [-0.25, -0.2) is 0 Å². The van der Waals surface area contributed by atoms with Crippen LogP contribution in [0.15, 0.2) is 54.6 Å². The topological polar surface area (TPSA) is 61.4 Å². The Morgan fingerprint density at radius 1 is 0.897 bits per heavy atom. The lowest BCUT2D eigenvalue weighted by Crippen LogP contribution is -2.36. The fourth-order valence-electron chi connectivity index (χ4n) is 4.07. The van der Waals surface area contributed by atoms with E-state index in [9.17, 15) is 9.59 Å². The first-order chi connectivity index (χ1) is 14.2. The second-order valence-corrected chi connectivity index (χ2v) is 8.17. The van der Waals surface area contributed by atoms with E-state index in [4.69, 9.17) is 0 Å². The lowest BCUT2D eigenvalue weighted by atomic mass is 10.1. The van der Waals surface area contributed by atoms with Crippen LogP contribution in [-0.2, 0) is 11.3 Å². The monoisotopic (exact) mass is 391 g/mol. The van der Waals surface area contributed by atoms with E-state index in [2.05, 4.69) is 27.7 Å². The van der Waals surface area contributed by atoms with Gasteiger partial charge in [-0.1, -0.05) is 55.3 Å². The lowest BCUT2D eigenvalue weighted by Gasteiger charge is -2.22. The molecule has 152 valence electrons. The van der Waals surface area contributed by atoms with Gasteiger partial charge < -0.3 is 10.6 Å². The fourth-order valence-corrected chi connectivity index (χ4v) is 4.07. The molecule has 2 amide bonds. The molecule has 2 aromatic rings. The maximum absolute atomic E-state index is 12.8. The first-order valence-electron chi connectivity index (χ1n) is 10.7. The molecule has 0 aromatic heterocycles. The standard InChI is InChI=1S/C24H29N3O2/c28-23(17-27(20-14-15-20)16-18-8-2-1-3-9-18)26-22-13-7-6-12-21(22)24(29)25-19-10-4-5-11-19/h1-3,6-9,12-13,19-20H,4-5,10-11,14-17H2,(H,25,29)(H,26,28). The Morgan fingerprint density at radius 2 is 1.59 bits per heavy atom. The van der Waals surface area contributed by atoms with Gasteiger partial charge in [0.2, 0.25) is 5.91 Å². The number of hydrogen-bond donors (Lipinski definition) is 2. The van der Waals surface area contributed by atoms with Crippen molar-refractivity contribution in [1.29, 1.82) is 0 Å². The third-order valence-electron chi connectivity index (χ3n) is 5.77. The van der Waals surface area contributed by atoms with Gasteiger partial charge in [0, 0.05) is 18.6 Å². The molecule has 2 N–H and O–H groups in total. The smallest absolute Gasteiger partial charge is 0.253 e. The van der Waals surface area contributed by atoms with Gasteiger partial charge in [0.05, 0.1) is 17.8 Å². The minimum Gasteiger partial charge on any atom is -0.349 e. The van der Waals surface area contributed by atoms with Crippen molar-refractivity contribution in [2.24, 2.45) is 0 Å². The van der Waals surface area contributed by atoms with Crippen molar-refractivity contribution < 1.29 is 9.59 Å². The summed E-state index contributed by atoms with van der Waals surface area (Å²) in [6.07, 6.45) is 6.69. The van der Waals surface area contributed by atoms with Crippen molar-refractivity contribution in [3.8, 4) is 0 Å². The van der Waals surface area contributed by atoms with Gasteiger partial charge in [0.1, 0.15) is 0 Å². The first-order valence-corrected chi connectivity index (χ1v) is 10.7. The van der Waals surface area contributed by atoms with E-state index < -0.39 is 0 Å². The molecule has 2 aliphatic carbocycles. The van der Waals surface area contributed by atoms with Crippen molar-refractivity contribution in [1.82, 2.24) is 10.2 Å². The average Bonchev–Trinajstić information content (AvgIpc) is 3.46. The van der Waals surface area contributed by atoms with Crippen molar-refractivity contribution in [3.63, 3.8) is 0 Å². The number of hydrogen-bond acceptors (Lipinski definition) is 3. The van der Waals surface area contributed by atoms with Gasteiger partial charge in [0.15, 0.2) is 0 Å². The first kappa shape index (κ1) is 19.6. The molecule has 2 aromatic carbocycles. The molecule has 0 bridgehead atoms. The highest BCUT2D eigenvalue weighted by atomic mass is 16.2. The van der Waals surface area contributed by atoms with E-state index >= 15 is 0 Å². The zero-order chi connectivity index (χ0) is 20.1.